The van der Waals surface area contributed by atoms with E-state index < -0.39 is 0 Å². The van der Waals surface area contributed by atoms with Crippen molar-refractivity contribution in [3.05, 3.63) is 54.1 Å². The molecule has 84 valence electrons. The van der Waals surface area contributed by atoms with Crippen LogP contribution < -0.4 is 4.74 Å². The van der Waals surface area contributed by atoms with E-state index in [1.807, 2.05) is 6.07 Å². The molecule has 0 aromatic heterocycles. The molecule has 0 aliphatic carbocycles. The van der Waals surface area contributed by atoms with Gasteiger partial charge in [0.15, 0.2) is 0 Å². The van der Waals surface area contributed by atoms with Crippen LogP contribution in [0, 0.1) is 6.92 Å². The molecule has 0 fully saturated rings. The second kappa shape index (κ2) is 3.77. The van der Waals surface area contributed by atoms with E-state index in [1.54, 1.807) is 7.11 Å². The fraction of sp³-hybridized carbons (Fsp3) is 0.125. The molecular formula is C16H14O. The molecule has 0 aliphatic rings. The van der Waals surface area contributed by atoms with E-state index in [1.165, 1.54) is 27.1 Å². The first-order chi connectivity index (χ1) is 8.29. The molecule has 0 saturated heterocycles. The van der Waals surface area contributed by atoms with Crippen molar-refractivity contribution in [2.24, 2.45) is 0 Å². The second-order valence-electron chi connectivity index (χ2n) is 4.31. The molecule has 17 heavy (non-hydrogen) atoms. The lowest BCUT2D eigenvalue weighted by atomic mass is 10.00. The van der Waals surface area contributed by atoms with Gasteiger partial charge in [-0.1, -0.05) is 30.3 Å². The summed E-state index contributed by atoms with van der Waals surface area (Å²) in [7, 11) is 1.72. The van der Waals surface area contributed by atoms with Crippen LogP contribution in [0.2, 0.25) is 0 Å². The van der Waals surface area contributed by atoms with E-state index >= 15 is 0 Å². The Bertz CT molecular complexity index is 698. The largest absolute Gasteiger partial charge is 0.496 e. The summed E-state index contributed by atoms with van der Waals surface area (Å²) in [5.41, 5.74) is 1.20. The Hall–Kier alpha value is -2.02. The smallest absolute Gasteiger partial charge is 0.122 e. The molecule has 3 rings (SSSR count). The summed E-state index contributed by atoms with van der Waals surface area (Å²) in [6, 6.07) is 17.1. The number of aryl methyl sites for hydroxylation is 1. The second-order valence-corrected chi connectivity index (χ2v) is 4.31. The minimum Gasteiger partial charge on any atom is -0.496 e. The number of methoxy groups -OCH3 is 1. The summed E-state index contributed by atoms with van der Waals surface area (Å²) in [4.78, 5) is 0. The van der Waals surface area contributed by atoms with Crippen molar-refractivity contribution in [3.8, 4) is 5.75 Å². The van der Waals surface area contributed by atoms with Crippen LogP contribution in [0.3, 0.4) is 0 Å². The highest BCUT2D eigenvalue weighted by molar-refractivity contribution is 6.00. The molecule has 0 aliphatic heterocycles. The number of hydrogen-bond acceptors (Lipinski definition) is 1. The Morgan fingerprint density at radius 1 is 0.824 bits per heavy atom. The van der Waals surface area contributed by atoms with Gasteiger partial charge in [-0.25, -0.2) is 0 Å². The SMILES string of the molecule is COc1ccc2cc3ccccc3cc2c1C. The first-order valence-electron chi connectivity index (χ1n) is 5.76. The van der Waals surface area contributed by atoms with Gasteiger partial charge in [0.05, 0.1) is 7.11 Å². The molecule has 0 atom stereocenters. The third-order valence-electron chi connectivity index (χ3n) is 3.33. The van der Waals surface area contributed by atoms with E-state index in [4.69, 9.17) is 4.74 Å². The van der Waals surface area contributed by atoms with E-state index in [0.717, 1.165) is 5.75 Å². The van der Waals surface area contributed by atoms with Crippen LogP contribution in [0.1, 0.15) is 5.56 Å². The van der Waals surface area contributed by atoms with Gasteiger partial charge in [-0.05, 0) is 52.2 Å². The highest BCUT2D eigenvalue weighted by Gasteiger charge is 2.04. The first-order valence-corrected chi connectivity index (χ1v) is 5.76. The lowest BCUT2D eigenvalue weighted by Crippen LogP contribution is -1.88. The predicted octanol–water partition coefficient (Wildman–Crippen LogP) is 4.31. The maximum absolute atomic E-state index is 5.37. The van der Waals surface area contributed by atoms with Crippen LogP contribution in [0.15, 0.2) is 48.5 Å². The predicted molar refractivity (Wildman–Crippen MR) is 72.7 cm³/mol. The fourth-order valence-electron chi connectivity index (χ4n) is 2.36. The van der Waals surface area contributed by atoms with Crippen molar-refractivity contribution < 1.29 is 4.74 Å². The van der Waals surface area contributed by atoms with Crippen molar-refractivity contribution in [1.29, 1.82) is 0 Å². The average molecular weight is 222 g/mol. The van der Waals surface area contributed by atoms with E-state index in [-0.39, 0.29) is 0 Å². The van der Waals surface area contributed by atoms with Crippen molar-refractivity contribution in [1.82, 2.24) is 0 Å². The molecule has 0 saturated carbocycles. The van der Waals surface area contributed by atoms with Crippen LogP contribution in [0.4, 0.5) is 0 Å². The van der Waals surface area contributed by atoms with Crippen LogP contribution >= 0.6 is 0 Å². The molecule has 0 bridgehead atoms. The maximum Gasteiger partial charge on any atom is 0.122 e. The molecule has 0 unspecified atom stereocenters. The normalized spacial score (nSPS) is 10.9. The Balaban J connectivity index is 2.44. The van der Waals surface area contributed by atoms with Gasteiger partial charge in [-0.3, -0.25) is 0 Å². The Morgan fingerprint density at radius 3 is 2.24 bits per heavy atom. The zero-order chi connectivity index (χ0) is 11.8. The average Bonchev–Trinajstić information content (AvgIpc) is 2.37. The monoisotopic (exact) mass is 222 g/mol. The van der Waals surface area contributed by atoms with Crippen molar-refractivity contribution in [2.45, 2.75) is 6.92 Å². The van der Waals surface area contributed by atoms with Crippen LogP contribution in [-0.4, -0.2) is 7.11 Å². The Kier molecular flexibility index (Phi) is 2.25. The van der Waals surface area contributed by atoms with Gasteiger partial charge in [0, 0.05) is 0 Å². The molecule has 3 aromatic rings. The molecule has 0 amide bonds. The summed E-state index contributed by atoms with van der Waals surface area (Å²) < 4.78 is 5.37. The standard InChI is InChI=1S/C16H14O/c1-11-15-10-13-6-4-3-5-12(13)9-14(15)7-8-16(11)17-2/h3-10H,1-2H3. The van der Waals surface area contributed by atoms with Crippen molar-refractivity contribution in [3.63, 3.8) is 0 Å². The van der Waals surface area contributed by atoms with Gasteiger partial charge in [-0.15, -0.1) is 0 Å². The van der Waals surface area contributed by atoms with E-state index in [0.29, 0.717) is 0 Å². The summed E-state index contributed by atoms with van der Waals surface area (Å²) in [6.45, 7) is 2.11. The van der Waals surface area contributed by atoms with E-state index in [9.17, 15) is 0 Å². The highest BCUT2D eigenvalue weighted by Crippen LogP contribution is 2.30. The Morgan fingerprint density at radius 2 is 1.53 bits per heavy atom. The topological polar surface area (TPSA) is 9.23 Å². The molecule has 0 radical (unpaired) electrons. The summed E-state index contributed by atoms with van der Waals surface area (Å²) in [5, 5.41) is 5.09. The van der Waals surface area contributed by atoms with Gasteiger partial charge in [0.25, 0.3) is 0 Å². The number of rotatable bonds is 1. The molecule has 0 heterocycles. The molecule has 0 spiro atoms. The minimum absolute atomic E-state index is 0.952. The number of hydrogen-bond donors (Lipinski definition) is 0. The lowest BCUT2D eigenvalue weighted by Gasteiger charge is -2.09. The Labute approximate surface area is 101 Å². The van der Waals surface area contributed by atoms with Crippen molar-refractivity contribution in [2.75, 3.05) is 7.11 Å². The molecule has 1 heteroatoms. The molecule has 0 N–H and O–H groups in total. The summed E-state index contributed by atoms with van der Waals surface area (Å²) in [6.07, 6.45) is 0. The summed E-state index contributed by atoms with van der Waals surface area (Å²) in [5.74, 6) is 0.952. The quantitative estimate of drug-likeness (QED) is 0.557. The van der Waals surface area contributed by atoms with Gasteiger partial charge < -0.3 is 4.74 Å². The van der Waals surface area contributed by atoms with Gasteiger partial charge in [0.1, 0.15) is 5.75 Å². The van der Waals surface area contributed by atoms with Gasteiger partial charge >= 0.3 is 0 Å². The van der Waals surface area contributed by atoms with Gasteiger partial charge in [-0.2, -0.15) is 0 Å². The molecule has 1 nitrogen and oxygen atoms in total. The lowest BCUT2D eigenvalue weighted by molar-refractivity contribution is 0.412. The van der Waals surface area contributed by atoms with Crippen molar-refractivity contribution >= 4 is 21.5 Å². The number of benzene rings is 3. The maximum atomic E-state index is 5.37. The van der Waals surface area contributed by atoms with Crippen LogP contribution in [0.5, 0.6) is 5.75 Å². The zero-order valence-electron chi connectivity index (χ0n) is 10.0. The van der Waals surface area contributed by atoms with E-state index in [2.05, 4.69) is 49.4 Å². The van der Waals surface area contributed by atoms with Gasteiger partial charge in [0.2, 0.25) is 0 Å². The fourth-order valence-corrected chi connectivity index (χ4v) is 2.36. The highest BCUT2D eigenvalue weighted by atomic mass is 16.5. The minimum atomic E-state index is 0.952. The zero-order valence-corrected chi connectivity index (χ0v) is 10.0. The molecular weight excluding hydrogens is 208 g/mol. The third-order valence-corrected chi connectivity index (χ3v) is 3.33. The summed E-state index contributed by atoms with van der Waals surface area (Å²) >= 11 is 0. The third kappa shape index (κ3) is 1.55. The number of ether oxygens (including phenoxy) is 1. The van der Waals surface area contributed by atoms with Crippen LogP contribution in [0.25, 0.3) is 21.5 Å². The number of fused-ring (bicyclic) bond motifs is 2. The molecule has 3 aromatic carbocycles. The van der Waals surface area contributed by atoms with Crippen LogP contribution in [-0.2, 0) is 0 Å². The first kappa shape index (κ1) is 10.2.